The van der Waals surface area contributed by atoms with Crippen LogP contribution in [0.15, 0.2) is 17.1 Å². The summed E-state index contributed by atoms with van der Waals surface area (Å²) < 4.78 is 11.8. The number of aliphatic imine (C=N–C) groups is 1. The van der Waals surface area contributed by atoms with Gasteiger partial charge in [0.15, 0.2) is 5.96 Å². The first-order chi connectivity index (χ1) is 14.6. The molecule has 1 aromatic carbocycles. The van der Waals surface area contributed by atoms with Gasteiger partial charge in [0.1, 0.15) is 17.6 Å². The first-order valence-corrected chi connectivity index (χ1v) is 11.5. The lowest BCUT2D eigenvalue weighted by Crippen LogP contribution is -2.49. The van der Waals surface area contributed by atoms with Crippen LogP contribution in [-0.2, 0) is 13.0 Å². The first kappa shape index (κ1) is 22.7. The predicted molar refractivity (Wildman–Crippen MR) is 123 cm³/mol. The molecule has 30 heavy (non-hydrogen) atoms. The number of likely N-dealkylation sites (N-methyl/N-ethyl adjacent to an activating group) is 1. The van der Waals surface area contributed by atoms with E-state index < -0.39 is 0 Å². The summed E-state index contributed by atoms with van der Waals surface area (Å²) in [5, 5.41) is 6.84. The average molecular weight is 418 g/mol. The number of fused-ring (bicyclic) bond motifs is 1. The van der Waals surface area contributed by atoms with Gasteiger partial charge in [-0.3, -0.25) is 4.90 Å². The Labute approximate surface area is 181 Å². The van der Waals surface area contributed by atoms with E-state index in [-0.39, 0.29) is 6.10 Å². The molecule has 0 aromatic heterocycles. The maximum atomic E-state index is 5.94. The van der Waals surface area contributed by atoms with Gasteiger partial charge in [-0.15, -0.1) is 0 Å². The largest absolute Gasteiger partial charge is 0.494 e. The third-order valence-corrected chi connectivity index (χ3v) is 5.76. The molecule has 2 N–H and O–H groups in total. The van der Waals surface area contributed by atoms with Crippen LogP contribution in [-0.4, -0.2) is 80.8 Å². The van der Waals surface area contributed by atoms with Crippen LogP contribution in [0.1, 0.15) is 38.8 Å². The Bertz CT molecular complexity index is 701. The lowest BCUT2D eigenvalue weighted by atomic mass is 10.1. The van der Waals surface area contributed by atoms with Crippen LogP contribution in [0.4, 0.5) is 0 Å². The molecule has 1 aromatic rings. The van der Waals surface area contributed by atoms with E-state index in [0.29, 0.717) is 13.2 Å². The van der Waals surface area contributed by atoms with Crippen LogP contribution in [0.2, 0.25) is 0 Å². The Hall–Kier alpha value is -1.99. The molecule has 1 saturated heterocycles. The van der Waals surface area contributed by atoms with E-state index >= 15 is 0 Å². The van der Waals surface area contributed by atoms with E-state index in [9.17, 15) is 0 Å². The summed E-state index contributed by atoms with van der Waals surface area (Å²) in [6.45, 7) is 18.2. The van der Waals surface area contributed by atoms with Crippen LogP contribution >= 0.6 is 0 Å². The van der Waals surface area contributed by atoms with Gasteiger partial charge in [0, 0.05) is 63.4 Å². The molecule has 2 heterocycles. The van der Waals surface area contributed by atoms with Crippen molar-refractivity contribution < 1.29 is 9.47 Å². The standard InChI is InChI=1S/C23H39N5O2/c1-5-24-23(25-8-9-28-12-10-27(6-2)11-13-28)26-17-20-16-22-19(14-18(4)30-22)15-21(20)29-7-3/h15-16,18H,5-14,17H2,1-4H3,(H2,24,25,26). The number of nitrogens with one attached hydrogen (secondary N) is 2. The molecule has 0 spiro atoms. The maximum absolute atomic E-state index is 5.94. The van der Waals surface area contributed by atoms with Crippen LogP contribution < -0.4 is 20.1 Å². The molecule has 3 rings (SSSR count). The van der Waals surface area contributed by atoms with E-state index in [1.54, 1.807) is 0 Å². The highest BCUT2D eigenvalue weighted by Gasteiger charge is 2.22. The van der Waals surface area contributed by atoms with Crippen molar-refractivity contribution in [1.82, 2.24) is 20.4 Å². The van der Waals surface area contributed by atoms with E-state index in [1.807, 2.05) is 6.92 Å². The Balaban J connectivity index is 1.57. The highest BCUT2D eigenvalue weighted by Crippen LogP contribution is 2.35. The van der Waals surface area contributed by atoms with Crippen molar-refractivity contribution in [3.8, 4) is 11.5 Å². The molecule has 0 radical (unpaired) electrons. The predicted octanol–water partition coefficient (Wildman–Crippen LogP) is 2.10. The maximum Gasteiger partial charge on any atom is 0.191 e. The third kappa shape index (κ3) is 6.25. The molecule has 1 atom stereocenters. The van der Waals surface area contributed by atoms with Crippen molar-refractivity contribution in [3.63, 3.8) is 0 Å². The van der Waals surface area contributed by atoms with Gasteiger partial charge >= 0.3 is 0 Å². The molecular formula is C23H39N5O2. The highest BCUT2D eigenvalue weighted by atomic mass is 16.5. The second kappa shape index (κ2) is 11.4. The van der Waals surface area contributed by atoms with Crippen molar-refractivity contribution in [3.05, 3.63) is 23.3 Å². The lowest BCUT2D eigenvalue weighted by Gasteiger charge is -2.34. The zero-order valence-corrected chi connectivity index (χ0v) is 19.2. The van der Waals surface area contributed by atoms with Gasteiger partial charge in [0.05, 0.1) is 13.2 Å². The SMILES string of the molecule is CCNC(=NCc1cc2c(cc1OCC)CC(C)O2)NCCN1CCN(CC)CC1. The van der Waals surface area contributed by atoms with Gasteiger partial charge in [-0.2, -0.15) is 0 Å². The number of guanidine groups is 1. The average Bonchev–Trinajstić information content (AvgIpc) is 3.11. The van der Waals surface area contributed by atoms with Gasteiger partial charge in [0.25, 0.3) is 0 Å². The molecule has 2 aliphatic heterocycles. The number of piperazine rings is 1. The third-order valence-electron chi connectivity index (χ3n) is 5.76. The van der Waals surface area contributed by atoms with Gasteiger partial charge in [0.2, 0.25) is 0 Å². The second-order valence-electron chi connectivity index (χ2n) is 8.03. The fraction of sp³-hybridized carbons (Fsp3) is 0.696. The highest BCUT2D eigenvalue weighted by molar-refractivity contribution is 5.79. The summed E-state index contributed by atoms with van der Waals surface area (Å²) in [7, 11) is 0. The van der Waals surface area contributed by atoms with Gasteiger partial charge in [-0.25, -0.2) is 4.99 Å². The van der Waals surface area contributed by atoms with Crippen molar-refractivity contribution in [2.24, 2.45) is 4.99 Å². The van der Waals surface area contributed by atoms with E-state index in [2.05, 4.69) is 53.3 Å². The first-order valence-electron chi connectivity index (χ1n) is 11.5. The Morgan fingerprint density at radius 1 is 1.13 bits per heavy atom. The van der Waals surface area contributed by atoms with E-state index in [1.165, 1.54) is 18.7 Å². The van der Waals surface area contributed by atoms with Crippen LogP contribution in [0.3, 0.4) is 0 Å². The second-order valence-corrected chi connectivity index (χ2v) is 8.03. The molecule has 0 amide bonds. The van der Waals surface area contributed by atoms with Crippen molar-refractivity contribution in [1.29, 1.82) is 0 Å². The van der Waals surface area contributed by atoms with Crippen LogP contribution in [0.5, 0.6) is 11.5 Å². The summed E-state index contributed by atoms with van der Waals surface area (Å²) in [5.41, 5.74) is 2.30. The number of hydrogen-bond acceptors (Lipinski definition) is 5. The van der Waals surface area contributed by atoms with E-state index in [0.717, 1.165) is 68.7 Å². The zero-order chi connectivity index (χ0) is 21.3. The summed E-state index contributed by atoms with van der Waals surface area (Å²) in [5.74, 6) is 2.74. The van der Waals surface area contributed by atoms with Crippen molar-refractivity contribution in [2.45, 2.75) is 46.8 Å². The molecule has 1 fully saturated rings. The van der Waals surface area contributed by atoms with Gasteiger partial charge in [-0.05, 0) is 39.4 Å². The molecule has 7 heteroatoms. The van der Waals surface area contributed by atoms with Crippen LogP contribution in [0, 0.1) is 0 Å². The number of ether oxygens (including phenoxy) is 2. The summed E-state index contributed by atoms with van der Waals surface area (Å²) in [6, 6.07) is 4.23. The molecule has 0 aliphatic carbocycles. The summed E-state index contributed by atoms with van der Waals surface area (Å²) >= 11 is 0. The zero-order valence-electron chi connectivity index (χ0n) is 19.2. The number of benzene rings is 1. The molecule has 168 valence electrons. The minimum absolute atomic E-state index is 0.228. The van der Waals surface area contributed by atoms with Gasteiger partial charge in [-0.1, -0.05) is 6.92 Å². The van der Waals surface area contributed by atoms with E-state index in [4.69, 9.17) is 14.5 Å². The topological polar surface area (TPSA) is 61.4 Å². The number of nitrogens with zero attached hydrogens (tertiary/aromatic N) is 3. The Kier molecular flexibility index (Phi) is 8.63. The van der Waals surface area contributed by atoms with Crippen molar-refractivity contribution >= 4 is 5.96 Å². The molecular weight excluding hydrogens is 378 g/mol. The molecule has 7 nitrogen and oxygen atoms in total. The monoisotopic (exact) mass is 417 g/mol. The number of hydrogen-bond donors (Lipinski definition) is 2. The molecule has 0 saturated carbocycles. The fourth-order valence-corrected chi connectivity index (χ4v) is 4.06. The normalized spacial score (nSPS) is 20.0. The lowest BCUT2D eigenvalue weighted by molar-refractivity contribution is 0.139. The minimum Gasteiger partial charge on any atom is -0.494 e. The van der Waals surface area contributed by atoms with Gasteiger partial charge < -0.3 is 25.0 Å². The summed E-state index contributed by atoms with van der Waals surface area (Å²) in [6.07, 6.45) is 1.17. The van der Waals surface area contributed by atoms with Crippen LogP contribution in [0.25, 0.3) is 0 Å². The quantitative estimate of drug-likeness (QED) is 0.474. The molecule has 0 bridgehead atoms. The summed E-state index contributed by atoms with van der Waals surface area (Å²) in [4.78, 5) is 9.84. The Morgan fingerprint density at radius 3 is 2.60 bits per heavy atom. The van der Waals surface area contributed by atoms with Crippen molar-refractivity contribution in [2.75, 3.05) is 59.0 Å². The smallest absolute Gasteiger partial charge is 0.191 e. The molecule has 2 aliphatic rings. The minimum atomic E-state index is 0.228. The fourth-order valence-electron chi connectivity index (χ4n) is 4.06. The molecule has 1 unspecified atom stereocenters. The number of rotatable bonds is 9. The Morgan fingerprint density at radius 2 is 1.90 bits per heavy atom.